The van der Waals surface area contributed by atoms with Crippen LogP contribution in [0.15, 0.2) is 24.4 Å². The number of primary amides is 1. The van der Waals surface area contributed by atoms with E-state index < -0.39 is 35.4 Å². The number of amides is 2. The molecule has 1 saturated heterocycles. The number of carboxylic acids is 1. The topological polar surface area (TPSA) is 176 Å². The summed E-state index contributed by atoms with van der Waals surface area (Å²) in [6.07, 6.45) is -7.14. The number of anilines is 2. The molecular formula is C23H24F6N6O5. The van der Waals surface area contributed by atoms with Crippen molar-refractivity contribution in [1.29, 1.82) is 0 Å². The summed E-state index contributed by atoms with van der Waals surface area (Å²) in [7, 11) is 0. The average Bonchev–Trinajstić information content (AvgIpc) is 3.68. The number of halogens is 6. The number of hydrogen-bond acceptors (Lipinski definition) is 8. The number of alkyl halides is 6. The summed E-state index contributed by atoms with van der Waals surface area (Å²) >= 11 is 0. The number of rotatable bonds is 5. The maximum atomic E-state index is 13.5. The second kappa shape index (κ2) is 10.8. The molecule has 1 aliphatic heterocycles. The van der Waals surface area contributed by atoms with Gasteiger partial charge < -0.3 is 31.5 Å². The maximum Gasteiger partial charge on any atom is 0.490 e. The predicted octanol–water partition coefficient (Wildman–Crippen LogP) is 1.71. The fourth-order valence-electron chi connectivity index (χ4n) is 3.96. The Morgan fingerprint density at radius 2 is 1.70 bits per heavy atom. The second-order valence-corrected chi connectivity index (χ2v) is 9.11. The van der Waals surface area contributed by atoms with Crippen molar-refractivity contribution in [2.75, 3.05) is 30.3 Å². The second-order valence-electron chi connectivity index (χ2n) is 9.11. The van der Waals surface area contributed by atoms with E-state index in [0.717, 1.165) is 25.0 Å². The molecule has 2 heterocycles. The van der Waals surface area contributed by atoms with Gasteiger partial charge >= 0.3 is 18.3 Å². The summed E-state index contributed by atoms with van der Waals surface area (Å²) in [5.74, 6) is -4.44. The Bertz CT molecular complexity index is 1320. The molecule has 17 heteroatoms. The minimum atomic E-state index is -5.33. The highest BCUT2D eigenvalue weighted by atomic mass is 19.4. The largest absolute Gasteiger partial charge is 0.490 e. The summed E-state index contributed by atoms with van der Waals surface area (Å²) < 4.78 is 72.3. The number of nitrogens with two attached hydrogens (primary N) is 2. The fourth-order valence-corrected chi connectivity index (χ4v) is 3.96. The van der Waals surface area contributed by atoms with E-state index in [1.807, 2.05) is 4.90 Å². The molecule has 218 valence electrons. The number of carbonyl (C=O) groups is 3. The molecule has 1 atom stereocenters. The number of benzene rings is 1. The summed E-state index contributed by atoms with van der Waals surface area (Å²) in [5.41, 5.74) is 7.19. The fraction of sp³-hybridized carbons (Fsp3) is 0.435. The third-order valence-corrected chi connectivity index (χ3v) is 6.27. The van der Waals surface area contributed by atoms with Gasteiger partial charge in [0.2, 0.25) is 5.91 Å². The standard InChI is InChI=1S/C21H23F3N6O3.C2HF3O2/c1-11-2-3-12(20(33,19(26)32)21(22,23)24)8-14(11)15-9-27-17(25)18(28-15)29-6-7-30(13-4-5-13)16(31)10-29;3-2(4,5)1(6)7/h2-3,8-9,13,33H,4-7,10H2,1H3,(H2,25,27)(H2,26,32);(H,6,7). The molecule has 1 unspecified atom stereocenters. The highest BCUT2D eigenvalue weighted by molar-refractivity contribution is 5.87. The number of nitrogen functional groups attached to an aromatic ring is 1. The molecule has 1 aromatic carbocycles. The van der Waals surface area contributed by atoms with Gasteiger partial charge in [0.1, 0.15) is 0 Å². The molecule has 2 aromatic rings. The Labute approximate surface area is 222 Å². The maximum absolute atomic E-state index is 13.5. The van der Waals surface area contributed by atoms with E-state index in [1.165, 1.54) is 12.3 Å². The molecule has 6 N–H and O–H groups in total. The van der Waals surface area contributed by atoms with Crippen molar-refractivity contribution in [3.63, 3.8) is 0 Å². The van der Waals surface area contributed by atoms with E-state index >= 15 is 0 Å². The van der Waals surface area contributed by atoms with Crippen molar-refractivity contribution in [2.24, 2.45) is 5.73 Å². The number of carbonyl (C=O) groups excluding carboxylic acids is 2. The van der Waals surface area contributed by atoms with Crippen molar-refractivity contribution >= 4 is 29.4 Å². The normalized spacial score (nSPS) is 17.6. The number of aryl methyl sites for hydroxylation is 1. The van der Waals surface area contributed by atoms with E-state index in [4.69, 9.17) is 21.4 Å². The van der Waals surface area contributed by atoms with Crippen molar-refractivity contribution in [3.05, 3.63) is 35.5 Å². The summed E-state index contributed by atoms with van der Waals surface area (Å²) in [5, 5.41) is 17.3. The van der Waals surface area contributed by atoms with Crippen LogP contribution in [-0.2, 0) is 20.0 Å². The number of aromatic nitrogens is 2. The zero-order chi connectivity index (χ0) is 30.2. The molecule has 2 amide bonds. The van der Waals surface area contributed by atoms with Gasteiger partial charge in [-0.15, -0.1) is 0 Å². The first-order valence-corrected chi connectivity index (χ1v) is 11.6. The Balaban J connectivity index is 0.000000559. The van der Waals surface area contributed by atoms with Crippen LogP contribution in [0.25, 0.3) is 11.3 Å². The molecular weight excluding hydrogens is 554 g/mol. The molecule has 0 radical (unpaired) electrons. The van der Waals surface area contributed by atoms with E-state index in [-0.39, 0.29) is 41.4 Å². The van der Waals surface area contributed by atoms with Gasteiger partial charge in [-0.05, 0) is 31.4 Å². The van der Waals surface area contributed by atoms with Gasteiger partial charge in [-0.2, -0.15) is 26.3 Å². The van der Waals surface area contributed by atoms with E-state index in [1.54, 1.807) is 11.8 Å². The lowest BCUT2D eigenvalue weighted by molar-refractivity contribution is -0.255. The third-order valence-electron chi connectivity index (χ3n) is 6.27. The van der Waals surface area contributed by atoms with Crippen LogP contribution in [0.1, 0.15) is 24.0 Å². The molecule has 11 nitrogen and oxygen atoms in total. The number of hydrogen-bond donors (Lipinski definition) is 4. The number of aliphatic hydroxyl groups is 1. The lowest BCUT2D eigenvalue weighted by Gasteiger charge is -2.35. The van der Waals surface area contributed by atoms with E-state index in [9.17, 15) is 41.0 Å². The third kappa shape index (κ3) is 6.19. The Hall–Kier alpha value is -4.15. The van der Waals surface area contributed by atoms with Gasteiger partial charge in [0.25, 0.3) is 11.5 Å². The SMILES string of the molecule is Cc1ccc(C(O)(C(N)=O)C(F)(F)F)cc1-c1cnc(N)c(N2CCN(C3CC3)C(=O)C2)n1.O=C(O)C(F)(F)F. The van der Waals surface area contributed by atoms with Gasteiger partial charge in [-0.3, -0.25) is 9.59 Å². The monoisotopic (exact) mass is 578 g/mol. The van der Waals surface area contributed by atoms with Crippen molar-refractivity contribution in [2.45, 2.75) is 43.8 Å². The Morgan fingerprint density at radius 1 is 1.10 bits per heavy atom. The highest BCUT2D eigenvalue weighted by Crippen LogP contribution is 2.40. The van der Waals surface area contributed by atoms with Crippen LogP contribution in [0.3, 0.4) is 0 Å². The summed E-state index contributed by atoms with van der Waals surface area (Å²) in [4.78, 5) is 45.1. The van der Waals surface area contributed by atoms with Crippen LogP contribution in [0.4, 0.5) is 38.0 Å². The minimum Gasteiger partial charge on any atom is -0.475 e. The number of nitrogens with zero attached hydrogens (tertiary/aromatic N) is 4. The zero-order valence-corrected chi connectivity index (χ0v) is 20.8. The lowest BCUT2D eigenvalue weighted by atomic mass is 9.89. The van der Waals surface area contributed by atoms with Gasteiger partial charge in [0.05, 0.1) is 18.4 Å². The van der Waals surface area contributed by atoms with Gasteiger partial charge in [-0.1, -0.05) is 12.1 Å². The van der Waals surface area contributed by atoms with E-state index in [0.29, 0.717) is 18.7 Å². The Morgan fingerprint density at radius 3 is 2.17 bits per heavy atom. The first kappa shape index (κ1) is 30.4. The summed E-state index contributed by atoms with van der Waals surface area (Å²) in [6.45, 7) is 2.69. The van der Waals surface area contributed by atoms with Gasteiger partial charge in [-0.25, -0.2) is 14.8 Å². The molecule has 4 rings (SSSR count). The average molecular weight is 578 g/mol. The molecule has 40 heavy (non-hydrogen) atoms. The van der Waals surface area contributed by atoms with Crippen molar-refractivity contribution in [3.8, 4) is 11.3 Å². The van der Waals surface area contributed by atoms with E-state index in [2.05, 4.69) is 9.97 Å². The molecule has 1 aromatic heterocycles. The first-order valence-electron chi connectivity index (χ1n) is 11.6. The van der Waals surface area contributed by atoms with Gasteiger partial charge in [0.15, 0.2) is 11.6 Å². The molecule has 2 fully saturated rings. The highest BCUT2D eigenvalue weighted by Gasteiger charge is 2.60. The number of carboxylic acid groups (broad SMARTS) is 1. The predicted molar refractivity (Wildman–Crippen MR) is 126 cm³/mol. The number of aliphatic carboxylic acids is 1. The Kier molecular flexibility index (Phi) is 8.19. The number of piperazine rings is 1. The van der Waals surface area contributed by atoms with Crippen LogP contribution in [0.2, 0.25) is 0 Å². The van der Waals surface area contributed by atoms with Crippen LogP contribution in [0.5, 0.6) is 0 Å². The smallest absolute Gasteiger partial charge is 0.475 e. The van der Waals surface area contributed by atoms with Crippen molar-refractivity contribution < 1.29 is 50.9 Å². The van der Waals surface area contributed by atoms with Crippen LogP contribution in [-0.4, -0.2) is 80.9 Å². The lowest BCUT2D eigenvalue weighted by Crippen LogP contribution is -2.52. The quantitative estimate of drug-likeness (QED) is 0.385. The molecule has 0 bridgehead atoms. The first-order chi connectivity index (χ1) is 18.4. The molecule has 2 aliphatic rings. The zero-order valence-electron chi connectivity index (χ0n) is 20.8. The molecule has 1 saturated carbocycles. The summed E-state index contributed by atoms with van der Waals surface area (Å²) in [6, 6.07) is 3.60. The van der Waals surface area contributed by atoms with Crippen LogP contribution < -0.4 is 16.4 Å². The van der Waals surface area contributed by atoms with Crippen molar-refractivity contribution in [1.82, 2.24) is 14.9 Å². The molecule has 0 spiro atoms. The van der Waals surface area contributed by atoms with Crippen LogP contribution >= 0.6 is 0 Å². The molecule has 1 aliphatic carbocycles. The van der Waals surface area contributed by atoms with Gasteiger partial charge in [0, 0.05) is 30.3 Å². The minimum absolute atomic E-state index is 0.0507. The van der Waals surface area contributed by atoms with Crippen LogP contribution in [0, 0.1) is 6.92 Å².